The van der Waals surface area contributed by atoms with Crippen LogP contribution in [0.1, 0.15) is 39.3 Å². The summed E-state index contributed by atoms with van der Waals surface area (Å²) < 4.78 is 5.49. The fourth-order valence-electron chi connectivity index (χ4n) is 2.17. The van der Waals surface area contributed by atoms with Crippen LogP contribution in [-0.4, -0.2) is 17.5 Å². The Morgan fingerprint density at radius 3 is 2.48 bits per heavy atom. The summed E-state index contributed by atoms with van der Waals surface area (Å²) in [6.45, 7) is 7.32. The van der Waals surface area contributed by atoms with Gasteiger partial charge in [-0.25, -0.2) is 9.79 Å². The number of nitrogens with two attached hydrogens (primary N) is 1. The quantitative estimate of drug-likeness (QED) is 0.818. The van der Waals surface area contributed by atoms with Crippen molar-refractivity contribution in [3.8, 4) is 0 Å². The number of rotatable bonds is 2. The lowest BCUT2D eigenvalue weighted by atomic mass is 9.96. The predicted octanol–water partition coefficient (Wildman–Crippen LogP) is 2.26. The van der Waals surface area contributed by atoms with Gasteiger partial charge < -0.3 is 15.8 Å². The van der Waals surface area contributed by atoms with Gasteiger partial charge in [0, 0.05) is 5.70 Å². The lowest BCUT2D eigenvalue weighted by Gasteiger charge is -2.27. The monoisotopic (exact) mass is 287 g/mol. The summed E-state index contributed by atoms with van der Waals surface area (Å²) in [4.78, 5) is 16.8. The molecule has 0 spiro atoms. The Kier molecular flexibility index (Phi) is 4.02. The number of allylic oxidation sites excluding steroid dienone is 1. The summed E-state index contributed by atoms with van der Waals surface area (Å²) in [5, 5.41) is 2.90. The van der Waals surface area contributed by atoms with E-state index in [1.165, 1.54) is 0 Å². The van der Waals surface area contributed by atoms with E-state index in [4.69, 9.17) is 10.5 Å². The molecule has 1 aliphatic rings. The molecule has 0 bridgehead atoms. The van der Waals surface area contributed by atoms with Crippen LogP contribution in [0.15, 0.2) is 46.6 Å². The SMILES string of the molecule is CC1=C(C(=O)OC(C)(C)C)C(c2ccccc2)N=C(N)N1. The topological polar surface area (TPSA) is 76.7 Å². The maximum absolute atomic E-state index is 12.5. The minimum atomic E-state index is -0.557. The maximum Gasteiger partial charge on any atom is 0.338 e. The normalized spacial score (nSPS) is 18.9. The Balaban J connectivity index is 2.40. The second-order valence-electron chi connectivity index (χ2n) is 5.99. The van der Waals surface area contributed by atoms with E-state index in [-0.39, 0.29) is 5.97 Å². The van der Waals surface area contributed by atoms with E-state index in [0.717, 1.165) is 5.56 Å². The van der Waals surface area contributed by atoms with Crippen molar-refractivity contribution >= 4 is 11.9 Å². The zero-order chi connectivity index (χ0) is 15.6. The Hall–Kier alpha value is -2.30. The molecule has 5 nitrogen and oxygen atoms in total. The standard InChI is InChI=1S/C16H21N3O2/c1-10-12(14(20)21-16(2,3)4)13(19-15(17)18-10)11-8-6-5-7-9-11/h5-9,13H,1-4H3,(H3,17,18,19). The third-order valence-corrected chi connectivity index (χ3v) is 3.00. The van der Waals surface area contributed by atoms with Crippen molar-refractivity contribution in [1.82, 2.24) is 5.32 Å². The van der Waals surface area contributed by atoms with E-state index >= 15 is 0 Å². The molecule has 1 aromatic rings. The molecule has 1 aromatic carbocycles. The molecule has 3 N–H and O–H groups in total. The molecule has 0 aliphatic carbocycles. The fourth-order valence-corrected chi connectivity index (χ4v) is 2.17. The molecule has 0 saturated heterocycles. The van der Waals surface area contributed by atoms with Crippen LogP contribution in [0.5, 0.6) is 0 Å². The highest BCUT2D eigenvalue weighted by Gasteiger charge is 2.31. The molecule has 21 heavy (non-hydrogen) atoms. The molecule has 2 rings (SSSR count). The first-order valence-corrected chi connectivity index (χ1v) is 6.87. The number of nitrogens with one attached hydrogen (secondary N) is 1. The highest BCUT2D eigenvalue weighted by molar-refractivity contribution is 5.95. The number of guanidine groups is 1. The van der Waals surface area contributed by atoms with Crippen molar-refractivity contribution in [3.05, 3.63) is 47.2 Å². The lowest BCUT2D eigenvalue weighted by molar-refractivity contribution is -0.150. The Bertz CT molecular complexity index is 598. The van der Waals surface area contributed by atoms with Gasteiger partial charge in [-0.1, -0.05) is 30.3 Å². The Labute approximate surface area is 124 Å². The molecule has 112 valence electrons. The van der Waals surface area contributed by atoms with Crippen LogP contribution in [-0.2, 0) is 9.53 Å². The highest BCUT2D eigenvalue weighted by Crippen LogP contribution is 2.31. The first-order valence-electron chi connectivity index (χ1n) is 6.87. The van der Waals surface area contributed by atoms with Crippen molar-refractivity contribution < 1.29 is 9.53 Å². The summed E-state index contributed by atoms with van der Waals surface area (Å²) in [6.07, 6.45) is 0. The number of nitrogens with zero attached hydrogens (tertiary/aromatic N) is 1. The van der Waals surface area contributed by atoms with Gasteiger partial charge in [-0.15, -0.1) is 0 Å². The van der Waals surface area contributed by atoms with Gasteiger partial charge >= 0.3 is 5.97 Å². The molecule has 1 unspecified atom stereocenters. The average molecular weight is 287 g/mol. The third kappa shape index (κ3) is 3.62. The number of benzene rings is 1. The molecular weight excluding hydrogens is 266 g/mol. The predicted molar refractivity (Wildman–Crippen MR) is 82.5 cm³/mol. The zero-order valence-electron chi connectivity index (χ0n) is 12.8. The van der Waals surface area contributed by atoms with E-state index in [0.29, 0.717) is 17.2 Å². The second-order valence-corrected chi connectivity index (χ2v) is 5.99. The van der Waals surface area contributed by atoms with Gasteiger partial charge in [-0.2, -0.15) is 0 Å². The van der Waals surface area contributed by atoms with Gasteiger partial charge in [-0.05, 0) is 33.3 Å². The fraction of sp³-hybridized carbons (Fsp3) is 0.375. The summed E-state index contributed by atoms with van der Waals surface area (Å²) in [6, 6.07) is 9.13. The lowest BCUT2D eigenvalue weighted by Crippen LogP contribution is -2.38. The smallest absolute Gasteiger partial charge is 0.338 e. The van der Waals surface area contributed by atoms with Crippen molar-refractivity contribution in [2.24, 2.45) is 10.7 Å². The molecule has 1 heterocycles. The van der Waals surface area contributed by atoms with Gasteiger partial charge in [0.1, 0.15) is 11.6 Å². The number of carbonyl (C=O) groups excluding carboxylic acids is 1. The zero-order valence-corrected chi connectivity index (χ0v) is 12.8. The number of esters is 1. The van der Waals surface area contributed by atoms with E-state index in [2.05, 4.69) is 10.3 Å². The molecule has 5 heteroatoms. The van der Waals surface area contributed by atoms with Gasteiger partial charge in [0.25, 0.3) is 0 Å². The molecule has 1 atom stereocenters. The van der Waals surface area contributed by atoms with E-state index in [9.17, 15) is 4.79 Å². The van der Waals surface area contributed by atoms with Gasteiger partial charge in [0.15, 0.2) is 5.96 Å². The van der Waals surface area contributed by atoms with Crippen LogP contribution in [0.25, 0.3) is 0 Å². The van der Waals surface area contributed by atoms with E-state index in [1.54, 1.807) is 6.92 Å². The van der Waals surface area contributed by atoms with Crippen LogP contribution in [0.3, 0.4) is 0 Å². The minimum Gasteiger partial charge on any atom is -0.456 e. The average Bonchev–Trinajstić information content (AvgIpc) is 2.36. The van der Waals surface area contributed by atoms with Crippen LogP contribution < -0.4 is 11.1 Å². The summed E-state index contributed by atoms with van der Waals surface area (Å²) in [7, 11) is 0. The molecule has 0 fully saturated rings. The molecular formula is C16H21N3O2. The number of hydrogen-bond acceptors (Lipinski definition) is 5. The van der Waals surface area contributed by atoms with Crippen molar-refractivity contribution in [2.75, 3.05) is 0 Å². The van der Waals surface area contributed by atoms with Crippen LogP contribution in [0.2, 0.25) is 0 Å². The summed E-state index contributed by atoms with van der Waals surface area (Å²) in [5.41, 5.74) is 7.31. The van der Waals surface area contributed by atoms with Crippen LogP contribution in [0.4, 0.5) is 0 Å². The first kappa shape index (κ1) is 15.1. The number of aliphatic imine (C=N–C) groups is 1. The van der Waals surface area contributed by atoms with Crippen LogP contribution >= 0.6 is 0 Å². The van der Waals surface area contributed by atoms with Crippen molar-refractivity contribution in [1.29, 1.82) is 0 Å². The largest absolute Gasteiger partial charge is 0.456 e. The molecule has 1 aliphatic heterocycles. The van der Waals surface area contributed by atoms with Gasteiger partial charge in [-0.3, -0.25) is 0 Å². The number of carbonyl (C=O) groups is 1. The minimum absolute atomic E-state index is 0.300. The second kappa shape index (κ2) is 5.60. The summed E-state index contributed by atoms with van der Waals surface area (Å²) >= 11 is 0. The maximum atomic E-state index is 12.5. The number of hydrogen-bond donors (Lipinski definition) is 2. The molecule has 0 saturated carbocycles. The Morgan fingerprint density at radius 1 is 1.29 bits per heavy atom. The van der Waals surface area contributed by atoms with E-state index in [1.807, 2.05) is 51.1 Å². The van der Waals surface area contributed by atoms with E-state index < -0.39 is 11.6 Å². The molecule has 0 amide bonds. The molecule has 0 radical (unpaired) electrons. The highest BCUT2D eigenvalue weighted by atomic mass is 16.6. The van der Waals surface area contributed by atoms with Gasteiger partial charge in [0.05, 0.1) is 5.57 Å². The van der Waals surface area contributed by atoms with Crippen LogP contribution in [0, 0.1) is 0 Å². The summed E-state index contributed by atoms with van der Waals surface area (Å²) in [5.74, 6) is -0.0775. The van der Waals surface area contributed by atoms with Crippen molar-refractivity contribution in [2.45, 2.75) is 39.3 Å². The molecule has 0 aromatic heterocycles. The van der Waals surface area contributed by atoms with Gasteiger partial charge in [0.2, 0.25) is 0 Å². The third-order valence-electron chi connectivity index (χ3n) is 3.00. The first-order chi connectivity index (χ1) is 9.78. The van der Waals surface area contributed by atoms with Crippen molar-refractivity contribution in [3.63, 3.8) is 0 Å². The Morgan fingerprint density at radius 2 is 1.90 bits per heavy atom. The number of ether oxygens (including phenoxy) is 1.